The molecule has 114 valence electrons. The van der Waals surface area contributed by atoms with Crippen molar-refractivity contribution in [1.82, 2.24) is 0 Å². The van der Waals surface area contributed by atoms with Gasteiger partial charge in [-0.3, -0.25) is 4.74 Å². The fraction of sp³-hybridized carbons (Fsp3) is 1.00. The first kappa shape index (κ1) is 17.9. The first-order valence-electron chi connectivity index (χ1n) is 7.69. The molecule has 1 nitrogen and oxygen atoms in total. The summed E-state index contributed by atoms with van der Waals surface area (Å²) in [4.78, 5) is 0. The highest BCUT2D eigenvalue weighted by atomic mass is 35.9. The second-order valence-electron chi connectivity index (χ2n) is 7.18. The molecular weight excluding hydrogens is 296 g/mol. The van der Waals surface area contributed by atoms with Gasteiger partial charge in [0.1, 0.15) is 5.76 Å². The molecule has 1 heterocycles. The maximum Gasteiger partial charge on any atom is 0.143 e. The lowest BCUT2D eigenvalue weighted by atomic mass is 9.97. The zero-order valence-corrected chi connectivity index (χ0v) is 15.4. The number of hydrogen-bond acceptors (Lipinski definition) is 1. The van der Waals surface area contributed by atoms with E-state index < -0.39 is 5.76 Å². The van der Waals surface area contributed by atoms with E-state index in [0.717, 1.165) is 12.8 Å². The Morgan fingerprint density at radius 2 is 1.16 bits per heavy atom. The zero-order chi connectivity index (χ0) is 14.6. The SMILES string of the molecule is CC1(C)CCCCCCCCCC(C)(C)P(Cl)(Cl)=N1. The van der Waals surface area contributed by atoms with Gasteiger partial charge in [-0.1, -0.05) is 81.3 Å². The van der Waals surface area contributed by atoms with Crippen LogP contribution in [0.2, 0.25) is 0 Å². The summed E-state index contributed by atoms with van der Waals surface area (Å²) in [7, 11) is 0. The van der Waals surface area contributed by atoms with Gasteiger partial charge in [-0.15, -0.1) is 0 Å². The van der Waals surface area contributed by atoms with Gasteiger partial charge in [0.2, 0.25) is 0 Å². The normalized spacial score (nSPS) is 28.3. The monoisotopic (exact) mass is 325 g/mol. The van der Waals surface area contributed by atoms with Crippen LogP contribution in [0.5, 0.6) is 0 Å². The predicted octanol–water partition coefficient (Wildman–Crippen LogP) is 7.58. The molecule has 0 bridgehead atoms. The predicted molar refractivity (Wildman–Crippen MR) is 90.8 cm³/mol. The van der Waals surface area contributed by atoms with Gasteiger partial charge in [-0.2, -0.15) is 0 Å². The van der Waals surface area contributed by atoms with Crippen LogP contribution in [0.25, 0.3) is 0 Å². The van der Waals surface area contributed by atoms with Gasteiger partial charge in [0, 0.05) is 5.16 Å². The van der Waals surface area contributed by atoms with Crippen LogP contribution in [-0.2, 0) is 0 Å². The van der Waals surface area contributed by atoms with Gasteiger partial charge < -0.3 is 0 Å². The van der Waals surface area contributed by atoms with Gasteiger partial charge in [0.15, 0.2) is 0 Å². The van der Waals surface area contributed by atoms with E-state index in [-0.39, 0.29) is 10.7 Å². The first-order valence-corrected chi connectivity index (χ1v) is 11.2. The van der Waals surface area contributed by atoms with Gasteiger partial charge in [-0.25, -0.2) is 0 Å². The second-order valence-corrected chi connectivity index (χ2v) is 13.0. The van der Waals surface area contributed by atoms with Crippen molar-refractivity contribution >= 4 is 28.2 Å². The molecule has 0 spiro atoms. The average molecular weight is 326 g/mol. The van der Waals surface area contributed by atoms with Crippen LogP contribution in [-0.4, -0.2) is 10.7 Å². The number of rotatable bonds is 0. The summed E-state index contributed by atoms with van der Waals surface area (Å²) in [6.07, 6.45) is 11.4. The van der Waals surface area contributed by atoms with Crippen molar-refractivity contribution in [2.45, 2.75) is 96.2 Å². The molecule has 0 radical (unpaired) electrons. The van der Waals surface area contributed by atoms with Gasteiger partial charge in [0.05, 0.1) is 5.54 Å². The maximum atomic E-state index is 6.70. The minimum atomic E-state index is -2.26. The molecule has 0 atom stereocenters. The van der Waals surface area contributed by atoms with Crippen molar-refractivity contribution in [3.05, 3.63) is 0 Å². The summed E-state index contributed by atoms with van der Waals surface area (Å²) >= 11 is 13.4. The lowest BCUT2D eigenvalue weighted by Gasteiger charge is -2.33. The van der Waals surface area contributed by atoms with E-state index in [2.05, 4.69) is 27.7 Å². The first-order chi connectivity index (χ1) is 8.66. The number of halogens is 2. The van der Waals surface area contributed by atoms with Crippen molar-refractivity contribution in [2.24, 2.45) is 4.74 Å². The highest BCUT2D eigenvalue weighted by Gasteiger charge is 2.36. The molecule has 0 aromatic rings. The fourth-order valence-corrected chi connectivity index (χ4v) is 5.87. The van der Waals surface area contributed by atoms with Crippen LogP contribution in [0.3, 0.4) is 0 Å². The Balaban J connectivity index is 2.92. The Hall–Kier alpha value is 0.810. The van der Waals surface area contributed by atoms with Crippen LogP contribution in [0, 0.1) is 0 Å². The van der Waals surface area contributed by atoms with Gasteiger partial charge in [-0.05, 0) is 26.7 Å². The van der Waals surface area contributed by atoms with Crippen molar-refractivity contribution < 1.29 is 0 Å². The average Bonchev–Trinajstić information content (AvgIpc) is 2.24. The topological polar surface area (TPSA) is 12.4 Å². The quantitative estimate of drug-likeness (QED) is 0.407. The van der Waals surface area contributed by atoms with Crippen molar-refractivity contribution in [3.8, 4) is 0 Å². The molecular formula is C15H30Cl2NP. The lowest BCUT2D eigenvalue weighted by Crippen LogP contribution is -2.21. The third-order valence-corrected chi connectivity index (χ3v) is 9.87. The molecule has 1 aliphatic rings. The molecule has 1 rings (SSSR count). The van der Waals surface area contributed by atoms with Crippen molar-refractivity contribution in [1.29, 1.82) is 0 Å². The molecule has 0 unspecified atom stereocenters. The lowest BCUT2D eigenvalue weighted by molar-refractivity contribution is 0.448. The summed E-state index contributed by atoms with van der Waals surface area (Å²) in [5.41, 5.74) is -0.0808. The van der Waals surface area contributed by atoms with E-state index in [1.54, 1.807) is 0 Å². The smallest absolute Gasteiger partial charge is 0.143 e. The van der Waals surface area contributed by atoms with E-state index in [1.165, 1.54) is 44.9 Å². The van der Waals surface area contributed by atoms with Crippen molar-refractivity contribution in [2.75, 3.05) is 0 Å². The maximum absolute atomic E-state index is 6.70. The summed E-state index contributed by atoms with van der Waals surface area (Å²) < 4.78 is 4.90. The molecule has 0 fully saturated rings. The standard InChI is InChI=1S/C15H30Cl2NP/c1-14(2)12-10-8-6-5-7-9-11-13-15(3,4)19(16,17)18-14/h5-13H2,1-4H3. The summed E-state index contributed by atoms with van der Waals surface area (Å²) in [6.45, 7) is 8.75. The Morgan fingerprint density at radius 1 is 0.737 bits per heavy atom. The molecule has 1 aliphatic heterocycles. The summed E-state index contributed by atoms with van der Waals surface area (Å²) in [6, 6.07) is 0. The van der Waals surface area contributed by atoms with Crippen molar-refractivity contribution in [3.63, 3.8) is 0 Å². The van der Waals surface area contributed by atoms with E-state index in [4.69, 9.17) is 27.2 Å². The van der Waals surface area contributed by atoms with Gasteiger partial charge in [0.25, 0.3) is 0 Å². The Labute approximate surface area is 129 Å². The van der Waals surface area contributed by atoms with Gasteiger partial charge >= 0.3 is 0 Å². The minimum absolute atomic E-state index is 0.0541. The minimum Gasteiger partial charge on any atom is -0.267 e. The molecule has 0 aromatic carbocycles. The summed E-state index contributed by atoms with van der Waals surface area (Å²) in [5.74, 6) is -2.26. The highest BCUT2D eigenvalue weighted by Crippen LogP contribution is 2.72. The molecule has 19 heavy (non-hydrogen) atoms. The van der Waals surface area contributed by atoms with Crippen LogP contribution in [0.15, 0.2) is 4.74 Å². The zero-order valence-electron chi connectivity index (χ0n) is 13.0. The van der Waals surface area contributed by atoms with E-state index in [0.29, 0.717) is 0 Å². The molecule has 0 saturated carbocycles. The fourth-order valence-electron chi connectivity index (χ4n) is 2.66. The highest BCUT2D eigenvalue weighted by molar-refractivity contribution is 8.11. The molecule has 0 saturated heterocycles. The number of hydrogen-bond donors (Lipinski definition) is 0. The summed E-state index contributed by atoms with van der Waals surface area (Å²) in [5, 5.41) is -0.0541. The van der Waals surface area contributed by atoms with E-state index in [1.807, 2.05) is 0 Å². The largest absolute Gasteiger partial charge is 0.267 e. The Bertz CT molecular complexity index is 331. The van der Waals surface area contributed by atoms with Crippen LogP contribution >= 0.6 is 28.2 Å². The molecule has 0 aromatic heterocycles. The third-order valence-electron chi connectivity index (χ3n) is 4.20. The second kappa shape index (κ2) is 7.19. The van der Waals surface area contributed by atoms with Crippen LogP contribution in [0.1, 0.15) is 85.5 Å². The van der Waals surface area contributed by atoms with Crippen LogP contribution < -0.4 is 0 Å². The number of nitrogens with zero attached hydrogens (tertiary/aromatic N) is 1. The van der Waals surface area contributed by atoms with E-state index in [9.17, 15) is 0 Å². The Morgan fingerprint density at radius 3 is 1.68 bits per heavy atom. The Kier molecular flexibility index (Phi) is 6.76. The molecule has 4 heteroatoms. The van der Waals surface area contributed by atoms with E-state index >= 15 is 0 Å². The molecule has 0 aliphatic carbocycles. The molecule has 0 amide bonds. The van der Waals surface area contributed by atoms with Crippen LogP contribution in [0.4, 0.5) is 0 Å². The third kappa shape index (κ3) is 5.98. The molecule has 0 N–H and O–H groups in total.